The third kappa shape index (κ3) is 2.18. The molecule has 0 radical (unpaired) electrons. The maximum Gasteiger partial charge on any atom is 0.255 e. The summed E-state index contributed by atoms with van der Waals surface area (Å²) in [5.41, 5.74) is 8.17. The van der Waals surface area contributed by atoms with Crippen LogP contribution in [-0.4, -0.2) is 23.9 Å². The fourth-order valence-electron chi connectivity index (χ4n) is 2.12. The van der Waals surface area contributed by atoms with Crippen molar-refractivity contribution in [2.24, 2.45) is 0 Å². The molecule has 1 aromatic carbocycles. The molecule has 0 aliphatic carbocycles. The molecular formula is C13H18N2O. The average Bonchev–Trinajstić information content (AvgIpc) is 2.32. The zero-order valence-electron chi connectivity index (χ0n) is 9.70. The number of hydrogen-bond donors (Lipinski definition) is 1. The van der Waals surface area contributed by atoms with Gasteiger partial charge in [-0.3, -0.25) is 4.79 Å². The lowest BCUT2D eigenvalue weighted by molar-refractivity contribution is 0.0725. The van der Waals surface area contributed by atoms with Crippen LogP contribution in [0.15, 0.2) is 18.2 Å². The maximum atomic E-state index is 12.2. The molecule has 1 saturated heterocycles. The highest BCUT2D eigenvalue weighted by molar-refractivity contribution is 5.99. The van der Waals surface area contributed by atoms with Crippen LogP contribution in [0, 0.1) is 6.92 Å². The number of aryl methyl sites for hydroxylation is 1. The Bertz CT molecular complexity index is 395. The van der Waals surface area contributed by atoms with Crippen LogP contribution in [0.1, 0.15) is 35.2 Å². The number of piperidine rings is 1. The van der Waals surface area contributed by atoms with Gasteiger partial charge >= 0.3 is 0 Å². The van der Waals surface area contributed by atoms with Crippen LogP contribution >= 0.6 is 0 Å². The van der Waals surface area contributed by atoms with E-state index in [1.165, 1.54) is 6.42 Å². The van der Waals surface area contributed by atoms with Gasteiger partial charge in [0.2, 0.25) is 0 Å². The first-order valence-corrected chi connectivity index (χ1v) is 5.84. The monoisotopic (exact) mass is 218 g/mol. The highest BCUT2D eigenvalue weighted by atomic mass is 16.2. The Balaban J connectivity index is 2.22. The minimum Gasteiger partial charge on any atom is -0.398 e. The molecule has 3 heteroatoms. The van der Waals surface area contributed by atoms with Gasteiger partial charge in [0.05, 0.1) is 5.56 Å². The van der Waals surface area contributed by atoms with Crippen molar-refractivity contribution < 1.29 is 4.79 Å². The van der Waals surface area contributed by atoms with Crippen molar-refractivity contribution >= 4 is 11.6 Å². The Morgan fingerprint density at radius 3 is 2.62 bits per heavy atom. The molecule has 0 saturated carbocycles. The summed E-state index contributed by atoms with van der Waals surface area (Å²) in [6, 6.07) is 5.63. The first kappa shape index (κ1) is 11.0. The van der Waals surface area contributed by atoms with Crippen LogP contribution < -0.4 is 5.73 Å². The molecule has 3 nitrogen and oxygen atoms in total. The van der Waals surface area contributed by atoms with Gasteiger partial charge in [-0.05, 0) is 38.3 Å². The summed E-state index contributed by atoms with van der Waals surface area (Å²) in [5, 5.41) is 0. The molecule has 86 valence electrons. The van der Waals surface area contributed by atoms with Crippen LogP contribution in [-0.2, 0) is 0 Å². The molecule has 0 bridgehead atoms. The van der Waals surface area contributed by atoms with Gasteiger partial charge in [0.25, 0.3) is 5.91 Å². The van der Waals surface area contributed by atoms with Crippen molar-refractivity contribution in [3.63, 3.8) is 0 Å². The number of anilines is 1. The van der Waals surface area contributed by atoms with Crippen molar-refractivity contribution in [1.29, 1.82) is 0 Å². The Morgan fingerprint density at radius 1 is 1.25 bits per heavy atom. The van der Waals surface area contributed by atoms with Crippen LogP contribution in [0.5, 0.6) is 0 Å². The molecule has 1 amide bonds. The van der Waals surface area contributed by atoms with Crippen LogP contribution in [0.2, 0.25) is 0 Å². The first-order valence-electron chi connectivity index (χ1n) is 5.84. The van der Waals surface area contributed by atoms with Crippen molar-refractivity contribution in [3.8, 4) is 0 Å². The van der Waals surface area contributed by atoms with Crippen LogP contribution in [0.3, 0.4) is 0 Å². The second-order valence-corrected chi connectivity index (χ2v) is 4.44. The quantitative estimate of drug-likeness (QED) is 0.734. The average molecular weight is 218 g/mol. The van der Waals surface area contributed by atoms with E-state index < -0.39 is 0 Å². The van der Waals surface area contributed by atoms with Crippen molar-refractivity contribution in [2.45, 2.75) is 26.2 Å². The Kier molecular flexibility index (Phi) is 3.13. The van der Waals surface area contributed by atoms with Gasteiger partial charge in [-0.2, -0.15) is 0 Å². The van der Waals surface area contributed by atoms with Gasteiger partial charge in [0.15, 0.2) is 0 Å². The predicted molar refractivity (Wildman–Crippen MR) is 65.3 cm³/mol. The maximum absolute atomic E-state index is 12.2. The summed E-state index contributed by atoms with van der Waals surface area (Å²) in [6.07, 6.45) is 3.45. The highest BCUT2D eigenvalue weighted by Crippen LogP contribution is 2.18. The lowest BCUT2D eigenvalue weighted by Crippen LogP contribution is -2.36. The summed E-state index contributed by atoms with van der Waals surface area (Å²) in [5.74, 6) is 0.0842. The van der Waals surface area contributed by atoms with E-state index >= 15 is 0 Å². The summed E-state index contributed by atoms with van der Waals surface area (Å²) in [4.78, 5) is 14.1. The number of hydrogen-bond acceptors (Lipinski definition) is 2. The summed E-state index contributed by atoms with van der Waals surface area (Å²) in [7, 11) is 0. The third-order valence-electron chi connectivity index (χ3n) is 3.08. The molecule has 1 heterocycles. The van der Waals surface area contributed by atoms with E-state index in [9.17, 15) is 4.79 Å². The molecule has 0 aromatic heterocycles. The van der Waals surface area contributed by atoms with E-state index in [2.05, 4.69) is 0 Å². The van der Waals surface area contributed by atoms with Gasteiger partial charge < -0.3 is 10.6 Å². The van der Waals surface area contributed by atoms with Gasteiger partial charge in [-0.15, -0.1) is 0 Å². The fourth-order valence-corrected chi connectivity index (χ4v) is 2.12. The van der Waals surface area contributed by atoms with Crippen molar-refractivity contribution in [3.05, 3.63) is 29.3 Å². The van der Waals surface area contributed by atoms with Gasteiger partial charge in [-0.25, -0.2) is 0 Å². The van der Waals surface area contributed by atoms with E-state index in [1.54, 1.807) is 0 Å². The fraction of sp³-hybridized carbons (Fsp3) is 0.462. The van der Waals surface area contributed by atoms with Crippen molar-refractivity contribution in [1.82, 2.24) is 4.90 Å². The Hall–Kier alpha value is -1.51. The molecule has 0 atom stereocenters. The second kappa shape index (κ2) is 4.56. The number of likely N-dealkylation sites (tertiary alicyclic amines) is 1. The number of rotatable bonds is 1. The van der Waals surface area contributed by atoms with E-state index in [1.807, 2.05) is 30.0 Å². The number of carbonyl (C=O) groups excluding carboxylic acids is 1. The standard InChI is InChI=1S/C13H18N2O/c1-10-5-6-12(14)11(9-10)13(16)15-7-3-2-4-8-15/h5-6,9H,2-4,7-8,14H2,1H3. The van der Waals surface area contributed by atoms with Crippen molar-refractivity contribution in [2.75, 3.05) is 18.8 Å². The van der Waals surface area contributed by atoms with Crippen LogP contribution in [0.4, 0.5) is 5.69 Å². The van der Waals surface area contributed by atoms with E-state index in [0.29, 0.717) is 11.3 Å². The highest BCUT2D eigenvalue weighted by Gasteiger charge is 2.19. The lowest BCUT2D eigenvalue weighted by Gasteiger charge is -2.27. The molecule has 1 fully saturated rings. The number of carbonyl (C=O) groups is 1. The number of amides is 1. The first-order chi connectivity index (χ1) is 7.68. The predicted octanol–water partition coefficient (Wildman–Crippen LogP) is 2.20. The van der Waals surface area contributed by atoms with E-state index in [4.69, 9.17) is 5.73 Å². The molecule has 1 aromatic rings. The third-order valence-corrected chi connectivity index (χ3v) is 3.08. The van der Waals surface area contributed by atoms with Gasteiger partial charge in [0.1, 0.15) is 0 Å². The zero-order chi connectivity index (χ0) is 11.5. The topological polar surface area (TPSA) is 46.3 Å². The molecule has 16 heavy (non-hydrogen) atoms. The molecule has 1 aliphatic heterocycles. The smallest absolute Gasteiger partial charge is 0.255 e. The van der Waals surface area contributed by atoms with Crippen LogP contribution in [0.25, 0.3) is 0 Å². The number of nitrogen functional groups attached to an aromatic ring is 1. The van der Waals surface area contributed by atoms with Gasteiger partial charge in [-0.1, -0.05) is 11.6 Å². The van der Waals surface area contributed by atoms with E-state index in [-0.39, 0.29) is 5.91 Å². The second-order valence-electron chi connectivity index (χ2n) is 4.44. The van der Waals surface area contributed by atoms with E-state index in [0.717, 1.165) is 31.5 Å². The summed E-state index contributed by atoms with van der Waals surface area (Å²) >= 11 is 0. The van der Waals surface area contributed by atoms with Gasteiger partial charge in [0, 0.05) is 18.8 Å². The molecule has 2 rings (SSSR count). The Labute approximate surface area is 96.2 Å². The zero-order valence-corrected chi connectivity index (χ0v) is 9.70. The largest absolute Gasteiger partial charge is 0.398 e. The molecule has 2 N–H and O–H groups in total. The number of benzene rings is 1. The SMILES string of the molecule is Cc1ccc(N)c(C(=O)N2CCCCC2)c1. The minimum atomic E-state index is 0.0842. The summed E-state index contributed by atoms with van der Waals surface area (Å²) < 4.78 is 0. The lowest BCUT2D eigenvalue weighted by atomic mass is 10.1. The normalized spacial score (nSPS) is 16.2. The Morgan fingerprint density at radius 2 is 1.94 bits per heavy atom. The number of nitrogens with two attached hydrogens (primary N) is 1. The summed E-state index contributed by atoms with van der Waals surface area (Å²) in [6.45, 7) is 3.71. The molecular weight excluding hydrogens is 200 g/mol. The molecule has 0 unspecified atom stereocenters. The molecule has 1 aliphatic rings. The molecule has 0 spiro atoms. The minimum absolute atomic E-state index is 0.0842. The number of nitrogens with zero attached hydrogens (tertiary/aromatic N) is 1.